The Morgan fingerprint density at radius 3 is 2.67 bits per heavy atom. The minimum atomic E-state index is -0.514. The van der Waals surface area contributed by atoms with Crippen LogP contribution in [0.2, 0.25) is 0 Å². The third kappa shape index (κ3) is 2.53. The summed E-state index contributed by atoms with van der Waals surface area (Å²) in [7, 11) is 1.63. The lowest BCUT2D eigenvalue weighted by molar-refractivity contribution is 0.0265. The number of carbonyl (C=O) groups is 1. The van der Waals surface area contributed by atoms with Crippen LogP contribution < -0.4 is 0 Å². The molecule has 0 spiro atoms. The van der Waals surface area contributed by atoms with Crippen LogP contribution in [-0.4, -0.2) is 35.1 Å². The topological polar surface area (TPSA) is 40.5 Å². The first kappa shape index (κ1) is 13.0. The van der Waals surface area contributed by atoms with Gasteiger partial charge in [-0.25, -0.2) is 4.39 Å². The number of amides is 1. The lowest BCUT2D eigenvalue weighted by Crippen LogP contribution is -2.46. The molecule has 4 heteroatoms. The van der Waals surface area contributed by atoms with Crippen molar-refractivity contribution in [1.82, 2.24) is 4.90 Å². The molecule has 0 aromatic heterocycles. The predicted molar refractivity (Wildman–Crippen MR) is 66.8 cm³/mol. The van der Waals surface area contributed by atoms with Gasteiger partial charge in [0.15, 0.2) is 0 Å². The number of likely N-dealkylation sites (N-methyl/N-ethyl adjacent to an activating group) is 1. The summed E-state index contributed by atoms with van der Waals surface area (Å²) in [4.78, 5) is 13.7. The first-order valence-electron chi connectivity index (χ1n) is 6.31. The summed E-state index contributed by atoms with van der Waals surface area (Å²) in [6, 6.07) is 5.75. The van der Waals surface area contributed by atoms with E-state index < -0.39 is 11.9 Å². The second kappa shape index (κ2) is 5.48. The van der Waals surface area contributed by atoms with Crippen LogP contribution in [0.25, 0.3) is 0 Å². The summed E-state index contributed by atoms with van der Waals surface area (Å²) in [5, 5.41) is 9.92. The maximum absolute atomic E-state index is 13.6. The molecule has 0 aliphatic heterocycles. The maximum atomic E-state index is 13.6. The van der Waals surface area contributed by atoms with Gasteiger partial charge in [0, 0.05) is 7.05 Å². The Morgan fingerprint density at radius 2 is 2.00 bits per heavy atom. The first-order valence-corrected chi connectivity index (χ1v) is 6.31. The molecule has 0 unspecified atom stereocenters. The monoisotopic (exact) mass is 251 g/mol. The molecular formula is C14H18FNO2. The van der Waals surface area contributed by atoms with Gasteiger partial charge >= 0.3 is 0 Å². The quantitative estimate of drug-likeness (QED) is 0.875. The van der Waals surface area contributed by atoms with Gasteiger partial charge in [-0.3, -0.25) is 4.79 Å². The van der Waals surface area contributed by atoms with Crippen LogP contribution in [0.3, 0.4) is 0 Å². The maximum Gasteiger partial charge on any atom is 0.256 e. The molecule has 1 aromatic carbocycles. The predicted octanol–water partition coefficient (Wildman–Crippen LogP) is 2.20. The molecule has 0 bridgehead atoms. The Hall–Kier alpha value is -1.42. The van der Waals surface area contributed by atoms with Gasteiger partial charge in [-0.2, -0.15) is 0 Å². The molecule has 1 aromatic rings. The van der Waals surface area contributed by atoms with Crippen molar-refractivity contribution in [1.29, 1.82) is 0 Å². The molecule has 1 aliphatic carbocycles. The van der Waals surface area contributed by atoms with Gasteiger partial charge in [0.2, 0.25) is 0 Å². The molecule has 0 radical (unpaired) electrons. The summed E-state index contributed by atoms with van der Waals surface area (Å²) in [6.07, 6.45) is 2.97. The average molecular weight is 251 g/mol. The highest BCUT2D eigenvalue weighted by Crippen LogP contribution is 2.24. The van der Waals surface area contributed by atoms with Crippen LogP contribution in [0, 0.1) is 5.82 Å². The van der Waals surface area contributed by atoms with Gasteiger partial charge < -0.3 is 10.0 Å². The highest BCUT2D eigenvalue weighted by molar-refractivity contribution is 5.94. The van der Waals surface area contributed by atoms with E-state index in [0.717, 1.165) is 19.3 Å². The average Bonchev–Trinajstić information content (AvgIpc) is 2.38. The van der Waals surface area contributed by atoms with Crippen LogP contribution in [0.4, 0.5) is 4.39 Å². The van der Waals surface area contributed by atoms with Crippen molar-refractivity contribution < 1.29 is 14.3 Å². The second-order valence-corrected chi connectivity index (χ2v) is 4.82. The molecule has 0 heterocycles. The van der Waals surface area contributed by atoms with E-state index in [9.17, 15) is 14.3 Å². The molecule has 1 fully saturated rings. The standard InChI is InChI=1S/C14H18FNO2/c1-16(12-8-4-5-9-13(12)17)14(18)10-6-2-3-7-11(10)15/h2-3,6-7,12-13,17H,4-5,8-9H2,1H3/t12-,13-/m1/s1. The van der Waals surface area contributed by atoms with Crippen molar-refractivity contribution in [2.45, 2.75) is 37.8 Å². The Labute approximate surface area is 106 Å². The van der Waals surface area contributed by atoms with Gasteiger partial charge in [0.1, 0.15) is 5.82 Å². The summed E-state index contributed by atoms with van der Waals surface area (Å²) in [6.45, 7) is 0. The third-order valence-corrected chi connectivity index (χ3v) is 3.62. The van der Waals surface area contributed by atoms with E-state index in [0.29, 0.717) is 6.42 Å². The van der Waals surface area contributed by atoms with E-state index in [4.69, 9.17) is 0 Å². The molecule has 2 atom stereocenters. The van der Waals surface area contributed by atoms with Crippen molar-refractivity contribution in [2.75, 3.05) is 7.05 Å². The fourth-order valence-corrected chi connectivity index (χ4v) is 2.52. The van der Waals surface area contributed by atoms with Crippen molar-refractivity contribution in [3.63, 3.8) is 0 Å². The van der Waals surface area contributed by atoms with Crippen molar-refractivity contribution >= 4 is 5.91 Å². The summed E-state index contributed by atoms with van der Waals surface area (Å²) >= 11 is 0. The van der Waals surface area contributed by atoms with Gasteiger partial charge in [-0.15, -0.1) is 0 Å². The summed E-state index contributed by atoms with van der Waals surface area (Å²) in [5.74, 6) is -0.876. The normalized spacial score (nSPS) is 23.7. The van der Waals surface area contributed by atoms with Crippen LogP contribution in [0.15, 0.2) is 24.3 Å². The van der Waals surface area contributed by atoms with Crippen LogP contribution in [0.1, 0.15) is 36.0 Å². The molecule has 1 aliphatic rings. The number of aliphatic hydroxyl groups is 1. The first-order chi connectivity index (χ1) is 8.61. The Balaban J connectivity index is 2.16. The fraction of sp³-hybridized carbons (Fsp3) is 0.500. The highest BCUT2D eigenvalue weighted by atomic mass is 19.1. The highest BCUT2D eigenvalue weighted by Gasteiger charge is 2.30. The number of aliphatic hydroxyl groups excluding tert-OH is 1. The zero-order valence-electron chi connectivity index (χ0n) is 10.5. The van der Waals surface area contributed by atoms with Crippen molar-refractivity contribution in [2.24, 2.45) is 0 Å². The largest absolute Gasteiger partial charge is 0.391 e. The summed E-state index contributed by atoms with van der Waals surface area (Å²) in [5.41, 5.74) is 0.0674. The molecule has 1 amide bonds. The van der Waals surface area contributed by atoms with Gasteiger partial charge in [-0.05, 0) is 25.0 Å². The fourth-order valence-electron chi connectivity index (χ4n) is 2.52. The third-order valence-electron chi connectivity index (χ3n) is 3.62. The van der Waals surface area contributed by atoms with E-state index in [1.807, 2.05) is 0 Å². The molecule has 98 valence electrons. The van der Waals surface area contributed by atoms with Gasteiger partial charge in [0.25, 0.3) is 5.91 Å². The SMILES string of the molecule is CN(C(=O)c1ccccc1F)[C@@H]1CCCC[C@H]1O. The van der Waals surface area contributed by atoms with Crippen molar-refractivity contribution in [3.8, 4) is 0 Å². The van der Waals surface area contributed by atoms with Crippen LogP contribution >= 0.6 is 0 Å². The van der Waals surface area contributed by atoms with Crippen molar-refractivity contribution in [3.05, 3.63) is 35.6 Å². The zero-order chi connectivity index (χ0) is 13.1. The van der Waals surface area contributed by atoms with E-state index in [-0.39, 0.29) is 17.5 Å². The molecule has 1 saturated carbocycles. The number of halogens is 1. The number of hydrogen-bond acceptors (Lipinski definition) is 2. The van der Waals surface area contributed by atoms with E-state index in [1.165, 1.54) is 17.0 Å². The number of rotatable bonds is 2. The molecule has 0 saturated heterocycles. The number of nitrogens with zero attached hydrogens (tertiary/aromatic N) is 1. The minimum Gasteiger partial charge on any atom is -0.391 e. The number of hydrogen-bond donors (Lipinski definition) is 1. The Morgan fingerprint density at radius 1 is 1.33 bits per heavy atom. The minimum absolute atomic E-state index is 0.0674. The van der Waals surface area contributed by atoms with Crippen LogP contribution in [0.5, 0.6) is 0 Å². The van der Waals surface area contributed by atoms with Gasteiger partial charge in [0.05, 0.1) is 17.7 Å². The van der Waals surface area contributed by atoms with Crippen LogP contribution in [-0.2, 0) is 0 Å². The summed E-state index contributed by atoms with van der Waals surface area (Å²) < 4.78 is 13.6. The number of benzene rings is 1. The molecule has 18 heavy (non-hydrogen) atoms. The zero-order valence-corrected chi connectivity index (χ0v) is 10.5. The number of carbonyl (C=O) groups excluding carboxylic acids is 1. The lowest BCUT2D eigenvalue weighted by atomic mass is 9.91. The Kier molecular flexibility index (Phi) is 3.97. The molecule has 3 nitrogen and oxygen atoms in total. The molecule has 2 rings (SSSR count). The molecular weight excluding hydrogens is 233 g/mol. The van der Waals surface area contributed by atoms with E-state index in [1.54, 1.807) is 19.2 Å². The molecule has 1 N–H and O–H groups in total. The smallest absolute Gasteiger partial charge is 0.256 e. The van der Waals surface area contributed by atoms with Gasteiger partial charge in [-0.1, -0.05) is 25.0 Å². The Bertz CT molecular complexity index is 436. The lowest BCUT2D eigenvalue weighted by Gasteiger charge is -2.35. The second-order valence-electron chi connectivity index (χ2n) is 4.82. The van der Waals surface area contributed by atoms with E-state index in [2.05, 4.69) is 0 Å². The van der Waals surface area contributed by atoms with E-state index >= 15 is 0 Å².